The first kappa shape index (κ1) is 23.8. The SMILES string of the molecule is C[C@H](c1nc(-c2cccc(C(F)(F)F)c2)no1)N1CCN(CC(=O)Nc2ccc(F)cc2)CC1. The van der Waals surface area contributed by atoms with E-state index in [4.69, 9.17) is 4.52 Å². The van der Waals surface area contributed by atoms with E-state index in [0.717, 1.165) is 12.1 Å². The van der Waals surface area contributed by atoms with Crippen molar-refractivity contribution < 1.29 is 26.9 Å². The molecule has 7 nitrogen and oxygen atoms in total. The Balaban J connectivity index is 1.31. The summed E-state index contributed by atoms with van der Waals surface area (Å²) >= 11 is 0. The molecule has 0 spiro atoms. The Bertz CT molecular complexity index is 1120. The molecule has 2 aromatic carbocycles. The first-order valence-electron chi connectivity index (χ1n) is 10.7. The van der Waals surface area contributed by atoms with Gasteiger partial charge in [-0.3, -0.25) is 14.6 Å². The average molecular weight is 477 g/mol. The number of halogens is 4. The Labute approximate surface area is 193 Å². The molecule has 0 radical (unpaired) electrons. The van der Waals surface area contributed by atoms with E-state index in [-0.39, 0.29) is 35.7 Å². The fraction of sp³-hybridized carbons (Fsp3) is 0.348. The third-order valence-electron chi connectivity index (χ3n) is 5.70. The number of benzene rings is 2. The van der Waals surface area contributed by atoms with Gasteiger partial charge in [-0.2, -0.15) is 18.2 Å². The molecule has 3 aromatic rings. The van der Waals surface area contributed by atoms with E-state index in [1.807, 2.05) is 11.8 Å². The summed E-state index contributed by atoms with van der Waals surface area (Å²) in [5.74, 6) is -0.138. The molecule has 1 aliphatic heterocycles. The molecular formula is C23H23F4N5O2. The Morgan fingerprint density at radius 2 is 1.82 bits per heavy atom. The van der Waals surface area contributed by atoms with Gasteiger partial charge in [-0.05, 0) is 43.3 Å². The normalized spacial score (nSPS) is 16.4. The minimum absolute atomic E-state index is 0.101. The van der Waals surface area contributed by atoms with E-state index in [2.05, 4.69) is 20.4 Å². The highest BCUT2D eigenvalue weighted by atomic mass is 19.4. The first-order chi connectivity index (χ1) is 16.2. The van der Waals surface area contributed by atoms with E-state index >= 15 is 0 Å². The number of nitrogens with one attached hydrogen (secondary N) is 1. The second-order valence-corrected chi connectivity index (χ2v) is 8.08. The van der Waals surface area contributed by atoms with Crippen molar-refractivity contribution in [3.8, 4) is 11.4 Å². The second-order valence-electron chi connectivity index (χ2n) is 8.08. The molecule has 0 aliphatic carbocycles. The van der Waals surface area contributed by atoms with Crippen LogP contribution in [0.1, 0.15) is 24.4 Å². The summed E-state index contributed by atoms with van der Waals surface area (Å²) in [5.41, 5.74) is -0.00961. The smallest absolute Gasteiger partial charge is 0.337 e. The van der Waals surface area contributed by atoms with Crippen molar-refractivity contribution in [3.63, 3.8) is 0 Å². The van der Waals surface area contributed by atoms with Crippen LogP contribution in [0.5, 0.6) is 0 Å². The van der Waals surface area contributed by atoms with Crippen molar-refractivity contribution in [3.05, 3.63) is 65.8 Å². The molecule has 11 heteroatoms. The van der Waals surface area contributed by atoms with Crippen LogP contribution in [0.3, 0.4) is 0 Å². The number of anilines is 1. The number of carbonyl (C=O) groups is 1. The van der Waals surface area contributed by atoms with E-state index in [0.29, 0.717) is 37.8 Å². The van der Waals surface area contributed by atoms with Gasteiger partial charge >= 0.3 is 6.18 Å². The number of aromatic nitrogens is 2. The van der Waals surface area contributed by atoms with Crippen LogP contribution in [-0.4, -0.2) is 58.6 Å². The number of hydrogen-bond donors (Lipinski definition) is 1. The van der Waals surface area contributed by atoms with Crippen molar-refractivity contribution in [1.82, 2.24) is 19.9 Å². The minimum Gasteiger partial charge on any atom is -0.337 e. The highest BCUT2D eigenvalue weighted by Gasteiger charge is 2.31. The van der Waals surface area contributed by atoms with Crippen molar-refractivity contribution >= 4 is 11.6 Å². The van der Waals surface area contributed by atoms with Crippen LogP contribution in [0.4, 0.5) is 23.2 Å². The van der Waals surface area contributed by atoms with Crippen LogP contribution in [0, 0.1) is 5.82 Å². The van der Waals surface area contributed by atoms with Crippen molar-refractivity contribution in [2.75, 3.05) is 38.0 Å². The molecule has 1 atom stereocenters. The van der Waals surface area contributed by atoms with E-state index in [1.54, 1.807) is 0 Å². The topological polar surface area (TPSA) is 74.5 Å². The largest absolute Gasteiger partial charge is 0.416 e. The lowest BCUT2D eigenvalue weighted by atomic mass is 10.1. The van der Waals surface area contributed by atoms with E-state index in [9.17, 15) is 22.4 Å². The maximum Gasteiger partial charge on any atom is 0.416 e. The number of alkyl halides is 3. The van der Waals surface area contributed by atoms with Crippen molar-refractivity contribution in [1.29, 1.82) is 0 Å². The molecule has 1 N–H and O–H groups in total. The summed E-state index contributed by atoms with van der Waals surface area (Å²) < 4.78 is 57.3. The summed E-state index contributed by atoms with van der Waals surface area (Å²) in [5, 5.41) is 6.60. The van der Waals surface area contributed by atoms with Gasteiger partial charge in [0.2, 0.25) is 17.6 Å². The zero-order chi connectivity index (χ0) is 24.3. The molecule has 180 valence electrons. The lowest BCUT2D eigenvalue weighted by Gasteiger charge is -2.36. The van der Waals surface area contributed by atoms with Gasteiger partial charge in [0, 0.05) is 37.4 Å². The number of piperazine rings is 1. The van der Waals surface area contributed by atoms with Crippen molar-refractivity contribution in [2.45, 2.75) is 19.1 Å². The first-order valence-corrected chi connectivity index (χ1v) is 10.7. The van der Waals surface area contributed by atoms with Gasteiger partial charge in [0.05, 0.1) is 18.2 Å². The summed E-state index contributed by atoms with van der Waals surface area (Å²) in [7, 11) is 0. The van der Waals surface area contributed by atoms with Gasteiger partial charge in [-0.1, -0.05) is 17.3 Å². The Morgan fingerprint density at radius 1 is 1.12 bits per heavy atom. The van der Waals surface area contributed by atoms with Crippen LogP contribution in [0.2, 0.25) is 0 Å². The van der Waals surface area contributed by atoms with Gasteiger partial charge < -0.3 is 9.84 Å². The molecule has 4 rings (SSSR count). The minimum atomic E-state index is -4.45. The molecule has 0 saturated carbocycles. The van der Waals surface area contributed by atoms with Crippen LogP contribution in [0.25, 0.3) is 11.4 Å². The van der Waals surface area contributed by atoms with Crippen molar-refractivity contribution in [2.24, 2.45) is 0 Å². The Kier molecular flexibility index (Phi) is 6.94. The highest BCUT2D eigenvalue weighted by molar-refractivity contribution is 5.92. The predicted octanol–water partition coefficient (Wildman–Crippen LogP) is 4.21. The van der Waals surface area contributed by atoms with Crippen LogP contribution < -0.4 is 5.32 Å². The van der Waals surface area contributed by atoms with E-state index in [1.165, 1.54) is 36.4 Å². The zero-order valence-corrected chi connectivity index (χ0v) is 18.3. The molecule has 1 amide bonds. The highest BCUT2D eigenvalue weighted by Crippen LogP contribution is 2.32. The van der Waals surface area contributed by atoms with Crippen LogP contribution in [-0.2, 0) is 11.0 Å². The quantitative estimate of drug-likeness (QED) is 0.536. The van der Waals surface area contributed by atoms with Crippen LogP contribution in [0.15, 0.2) is 53.1 Å². The number of hydrogen-bond acceptors (Lipinski definition) is 6. The molecule has 1 aromatic heterocycles. The average Bonchev–Trinajstić information content (AvgIpc) is 3.31. The summed E-state index contributed by atoms with van der Waals surface area (Å²) in [6, 6.07) is 10.1. The van der Waals surface area contributed by atoms with Crippen LogP contribution >= 0.6 is 0 Å². The zero-order valence-electron chi connectivity index (χ0n) is 18.3. The molecular weight excluding hydrogens is 454 g/mol. The molecule has 2 heterocycles. The fourth-order valence-electron chi connectivity index (χ4n) is 3.76. The monoisotopic (exact) mass is 477 g/mol. The third kappa shape index (κ3) is 5.78. The Hall–Kier alpha value is -3.31. The lowest BCUT2D eigenvalue weighted by molar-refractivity contribution is -0.137. The molecule has 0 bridgehead atoms. The van der Waals surface area contributed by atoms with Gasteiger partial charge in [-0.15, -0.1) is 0 Å². The van der Waals surface area contributed by atoms with Gasteiger partial charge in [0.25, 0.3) is 0 Å². The molecule has 0 unspecified atom stereocenters. The third-order valence-corrected chi connectivity index (χ3v) is 5.70. The Morgan fingerprint density at radius 3 is 2.50 bits per heavy atom. The second kappa shape index (κ2) is 9.90. The maximum absolute atomic E-state index is 13.0. The number of nitrogens with zero attached hydrogens (tertiary/aromatic N) is 4. The predicted molar refractivity (Wildman–Crippen MR) is 116 cm³/mol. The molecule has 1 fully saturated rings. The molecule has 1 aliphatic rings. The number of carbonyl (C=O) groups excluding carboxylic acids is 1. The molecule has 1 saturated heterocycles. The van der Waals surface area contributed by atoms with Gasteiger partial charge in [-0.25, -0.2) is 4.39 Å². The van der Waals surface area contributed by atoms with E-state index < -0.39 is 11.7 Å². The number of amides is 1. The van der Waals surface area contributed by atoms with Gasteiger partial charge in [0.15, 0.2) is 0 Å². The number of rotatable bonds is 6. The summed E-state index contributed by atoms with van der Waals surface area (Å²) in [6.07, 6.45) is -4.45. The summed E-state index contributed by atoms with van der Waals surface area (Å²) in [4.78, 5) is 20.7. The fourth-order valence-corrected chi connectivity index (χ4v) is 3.76. The standard InChI is InChI=1S/C23H23F4N5O2/c1-15(22-29-21(30-34-22)16-3-2-4-17(13-16)23(25,26)27)32-11-9-31(10-12-32)14-20(33)28-19-7-5-18(24)6-8-19/h2-8,13,15H,9-12,14H2,1H3,(H,28,33)/t15-/m1/s1. The lowest BCUT2D eigenvalue weighted by Crippen LogP contribution is -2.49. The van der Waals surface area contributed by atoms with Gasteiger partial charge in [0.1, 0.15) is 5.82 Å². The summed E-state index contributed by atoms with van der Waals surface area (Å²) in [6.45, 7) is 4.66. The molecule has 34 heavy (non-hydrogen) atoms. The maximum atomic E-state index is 13.0.